The van der Waals surface area contributed by atoms with Gasteiger partial charge >= 0.3 is 0 Å². The molecule has 0 bridgehead atoms. The molecule has 0 radical (unpaired) electrons. The lowest BCUT2D eigenvalue weighted by atomic mass is 10.0. The zero-order chi connectivity index (χ0) is 17.0. The van der Waals surface area contributed by atoms with Crippen LogP contribution in [0.25, 0.3) is 0 Å². The van der Waals surface area contributed by atoms with E-state index < -0.39 is 10.1 Å². The second-order valence-electron chi connectivity index (χ2n) is 6.52. The molecule has 1 aliphatic heterocycles. The first-order chi connectivity index (χ1) is 10.0. The van der Waals surface area contributed by atoms with E-state index in [9.17, 15) is 8.42 Å². The van der Waals surface area contributed by atoms with Crippen molar-refractivity contribution in [1.82, 2.24) is 5.32 Å². The van der Waals surface area contributed by atoms with Crippen LogP contribution in [-0.2, 0) is 14.9 Å². The predicted octanol–water partition coefficient (Wildman–Crippen LogP) is 2.83. The Kier molecular flexibility index (Phi) is 6.55. The van der Waals surface area contributed by atoms with E-state index in [1.54, 1.807) is 12.1 Å². The van der Waals surface area contributed by atoms with Crippen LogP contribution in [0.3, 0.4) is 0 Å². The minimum absolute atomic E-state index is 0.0394. The Bertz CT molecular complexity index is 564. The summed E-state index contributed by atoms with van der Waals surface area (Å²) >= 11 is 0. The van der Waals surface area contributed by atoms with Crippen LogP contribution in [0, 0.1) is 0 Å². The minimum atomic E-state index is -4.05. The Labute approximate surface area is 133 Å². The van der Waals surface area contributed by atoms with Crippen LogP contribution in [-0.4, -0.2) is 37.8 Å². The molecular formula is C16H27NO4S. The molecule has 1 atom stereocenters. The maximum atomic E-state index is 10.7. The third-order valence-electron chi connectivity index (χ3n) is 3.35. The fourth-order valence-electron chi connectivity index (χ4n) is 2.23. The summed E-state index contributed by atoms with van der Waals surface area (Å²) in [6.45, 7) is 12.3. The van der Waals surface area contributed by atoms with Gasteiger partial charge in [0, 0.05) is 13.1 Å². The molecule has 5 nitrogen and oxygen atoms in total. The molecule has 1 aromatic carbocycles. The molecule has 1 fully saturated rings. The van der Waals surface area contributed by atoms with Gasteiger partial charge in [-0.05, 0) is 44.4 Å². The summed E-state index contributed by atoms with van der Waals surface area (Å²) in [6.07, 6.45) is 0.369. The van der Waals surface area contributed by atoms with Crippen molar-refractivity contribution in [2.45, 2.75) is 57.1 Å². The number of morpholine rings is 1. The van der Waals surface area contributed by atoms with Crippen LogP contribution in [0.4, 0.5) is 0 Å². The zero-order valence-electron chi connectivity index (χ0n) is 14.0. The van der Waals surface area contributed by atoms with Crippen molar-refractivity contribution >= 4 is 10.1 Å². The van der Waals surface area contributed by atoms with Crippen molar-refractivity contribution in [1.29, 1.82) is 0 Å². The van der Waals surface area contributed by atoms with Crippen molar-refractivity contribution in [2.24, 2.45) is 0 Å². The zero-order valence-corrected chi connectivity index (χ0v) is 14.8. The molecule has 126 valence electrons. The van der Waals surface area contributed by atoms with E-state index in [0.717, 1.165) is 18.7 Å². The van der Waals surface area contributed by atoms with Crippen molar-refractivity contribution < 1.29 is 17.7 Å². The Morgan fingerprint density at radius 3 is 2.14 bits per heavy atom. The smallest absolute Gasteiger partial charge is 0.294 e. The standard InChI is InChI=1S/C9H12O3S.C7H15NO/c1-7(2)8-3-5-9(6-4-8)13(10,11)12;1-6-4-8-5-7(2,3)9-6/h3-7H,1-2H3,(H,10,11,12);6,8H,4-5H2,1-3H3. The molecule has 1 aromatic rings. The van der Waals surface area contributed by atoms with Crippen LogP contribution in [0.5, 0.6) is 0 Å². The van der Waals surface area contributed by atoms with Crippen molar-refractivity contribution in [3.8, 4) is 0 Å². The lowest BCUT2D eigenvalue weighted by Crippen LogP contribution is -2.49. The first kappa shape index (κ1) is 19.1. The van der Waals surface area contributed by atoms with Gasteiger partial charge in [-0.1, -0.05) is 26.0 Å². The molecule has 2 rings (SSSR count). The second-order valence-corrected chi connectivity index (χ2v) is 7.94. The highest BCUT2D eigenvalue weighted by molar-refractivity contribution is 7.85. The first-order valence-electron chi connectivity index (χ1n) is 7.47. The number of hydrogen-bond acceptors (Lipinski definition) is 4. The van der Waals surface area contributed by atoms with Gasteiger partial charge in [0.05, 0.1) is 16.6 Å². The number of ether oxygens (including phenoxy) is 1. The number of benzene rings is 1. The molecule has 0 aromatic heterocycles. The van der Waals surface area contributed by atoms with E-state index in [1.807, 2.05) is 13.8 Å². The number of nitrogens with one attached hydrogen (secondary N) is 1. The van der Waals surface area contributed by atoms with Crippen molar-refractivity contribution in [3.63, 3.8) is 0 Å². The van der Waals surface area contributed by atoms with Gasteiger partial charge < -0.3 is 10.1 Å². The number of hydrogen-bond donors (Lipinski definition) is 2. The van der Waals surface area contributed by atoms with Gasteiger partial charge in [0.2, 0.25) is 0 Å². The fraction of sp³-hybridized carbons (Fsp3) is 0.625. The molecule has 0 saturated carbocycles. The third kappa shape index (κ3) is 6.44. The van der Waals surface area contributed by atoms with E-state index >= 15 is 0 Å². The lowest BCUT2D eigenvalue weighted by molar-refractivity contribution is -0.0853. The fourth-order valence-corrected chi connectivity index (χ4v) is 2.71. The van der Waals surface area contributed by atoms with E-state index in [1.165, 1.54) is 12.1 Å². The molecule has 1 unspecified atom stereocenters. The molecular weight excluding hydrogens is 302 g/mol. The Morgan fingerprint density at radius 2 is 1.82 bits per heavy atom. The molecule has 0 aliphatic carbocycles. The summed E-state index contributed by atoms with van der Waals surface area (Å²) in [4.78, 5) is -0.0584. The molecule has 6 heteroatoms. The Morgan fingerprint density at radius 1 is 1.27 bits per heavy atom. The molecule has 0 spiro atoms. The Hall–Kier alpha value is -0.950. The van der Waals surface area contributed by atoms with Crippen LogP contribution in [0.2, 0.25) is 0 Å². The normalized spacial score (nSPS) is 21.1. The average molecular weight is 329 g/mol. The predicted molar refractivity (Wildman–Crippen MR) is 87.8 cm³/mol. The van der Waals surface area contributed by atoms with E-state index in [4.69, 9.17) is 9.29 Å². The highest BCUT2D eigenvalue weighted by Gasteiger charge is 2.25. The van der Waals surface area contributed by atoms with Crippen LogP contribution in [0.1, 0.15) is 46.1 Å². The molecule has 1 saturated heterocycles. The SMILES string of the molecule is CC(C)c1ccc(S(=O)(=O)O)cc1.CC1CNCC(C)(C)O1. The molecule has 1 heterocycles. The van der Waals surface area contributed by atoms with Crippen molar-refractivity contribution in [3.05, 3.63) is 29.8 Å². The van der Waals surface area contributed by atoms with Gasteiger partial charge in [-0.3, -0.25) is 4.55 Å². The largest absolute Gasteiger partial charge is 0.370 e. The summed E-state index contributed by atoms with van der Waals surface area (Å²) < 4.78 is 35.6. The highest BCUT2D eigenvalue weighted by Crippen LogP contribution is 2.17. The summed E-state index contributed by atoms with van der Waals surface area (Å²) in [7, 11) is -4.05. The van der Waals surface area contributed by atoms with Crippen LogP contribution >= 0.6 is 0 Å². The van der Waals surface area contributed by atoms with E-state index in [-0.39, 0.29) is 10.5 Å². The highest BCUT2D eigenvalue weighted by atomic mass is 32.2. The summed E-state index contributed by atoms with van der Waals surface area (Å²) in [5.74, 6) is 0.357. The average Bonchev–Trinajstić information content (AvgIpc) is 2.37. The lowest BCUT2D eigenvalue weighted by Gasteiger charge is -2.34. The quantitative estimate of drug-likeness (QED) is 0.816. The minimum Gasteiger partial charge on any atom is -0.370 e. The molecule has 22 heavy (non-hydrogen) atoms. The third-order valence-corrected chi connectivity index (χ3v) is 4.22. The van der Waals surface area contributed by atoms with E-state index in [0.29, 0.717) is 12.0 Å². The van der Waals surface area contributed by atoms with Crippen LogP contribution in [0.15, 0.2) is 29.2 Å². The monoisotopic (exact) mass is 329 g/mol. The van der Waals surface area contributed by atoms with Gasteiger partial charge in [-0.2, -0.15) is 8.42 Å². The summed E-state index contributed by atoms with van der Waals surface area (Å²) in [5.41, 5.74) is 1.09. The maximum Gasteiger partial charge on any atom is 0.294 e. The maximum absolute atomic E-state index is 10.7. The van der Waals surface area contributed by atoms with Crippen molar-refractivity contribution in [2.75, 3.05) is 13.1 Å². The van der Waals surface area contributed by atoms with Gasteiger partial charge in [0.15, 0.2) is 0 Å². The van der Waals surface area contributed by atoms with Gasteiger partial charge in [0.25, 0.3) is 10.1 Å². The molecule has 2 N–H and O–H groups in total. The summed E-state index contributed by atoms with van der Waals surface area (Å²) in [5, 5.41) is 3.30. The van der Waals surface area contributed by atoms with Gasteiger partial charge in [-0.15, -0.1) is 0 Å². The van der Waals surface area contributed by atoms with Crippen LogP contribution < -0.4 is 5.32 Å². The molecule has 1 aliphatic rings. The number of rotatable bonds is 2. The second kappa shape index (κ2) is 7.55. The van der Waals surface area contributed by atoms with E-state index in [2.05, 4.69) is 26.1 Å². The summed E-state index contributed by atoms with van der Waals surface area (Å²) in [6, 6.07) is 6.22. The van der Waals surface area contributed by atoms with Gasteiger partial charge in [-0.25, -0.2) is 0 Å². The molecule has 0 amide bonds. The topological polar surface area (TPSA) is 75.6 Å². The first-order valence-corrected chi connectivity index (χ1v) is 8.91. The van der Waals surface area contributed by atoms with Gasteiger partial charge in [0.1, 0.15) is 0 Å². The Balaban J connectivity index is 0.000000235.